The molecule has 2 N–H and O–H groups in total. The number of carbonyl (C=O) groups is 2. The van der Waals surface area contributed by atoms with Crippen LogP contribution in [0.1, 0.15) is 27.6 Å². The van der Waals surface area contributed by atoms with Crippen LogP contribution in [0, 0.1) is 0 Å². The maximum Gasteiger partial charge on any atom is 0.335 e. The predicted molar refractivity (Wildman–Crippen MR) is 77.7 cm³/mol. The Bertz CT molecular complexity index is 641. The smallest absolute Gasteiger partial charge is 0.335 e. The highest BCUT2D eigenvalue weighted by Crippen LogP contribution is 2.16. The summed E-state index contributed by atoms with van der Waals surface area (Å²) in [4.78, 5) is 22.9. The topological polar surface area (TPSA) is 101 Å². The monoisotopic (exact) mass is 363 g/mol. The van der Waals surface area contributed by atoms with E-state index in [1.807, 2.05) is 0 Å². The van der Waals surface area contributed by atoms with Crippen LogP contribution in [0.3, 0.4) is 0 Å². The molecule has 8 heteroatoms. The standard InChI is InChI=1S/C12H14BrNO5S/c1-7(6-20(2,18)19)14-11(15)8-3-9(12(16)17)5-10(13)4-8/h3-5,7H,6H2,1-2H3,(H,14,15)(H,16,17). The number of nitrogens with one attached hydrogen (secondary N) is 1. The molecule has 0 aliphatic rings. The van der Waals surface area contributed by atoms with Crippen molar-refractivity contribution in [3.63, 3.8) is 0 Å². The molecule has 0 aliphatic heterocycles. The van der Waals surface area contributed by atoms with E-state index in [9.17, 15) is 18.0 Å². The van der Waals surface area contributed by atoms with Crippen molar-refractivity contribution < 1.29 is 23.1 Å². The van der Waals surface area contributed by atoms with E-state index in [-0.39, 0.29) is 16.9 Å². The van der Waals surface area contributed by atoms with Crippen LogP contribution in [0.5, 0.6) is 0 Å². The normalized spacial score (nSPS) is 12.8. The minimum atomic E-state index is -3.20. The predicted octanol–water partition coefficient (Wildman–Crippen LogP) is 1.31. The molecule has 0 bridgehead atoms. The lowest BCUT2D eigenvalue weighted by atomic mass is 10.1. The Labute approximate surface area is 125 Å². The first-order chi connectivity index (χ1) is 9.08. The Balaban J connectivity index is 2.90. The Kier molecular flexibility index (Phi) is 5.29. The summed E-state index contributed by atoms with van der Waals surface area (Å²) < 4.78 is 22.7. The number of amides is 1. The molecule has 0 heterocycles. The van der Waals surface area contributed by atoms with Crippen molar-refractivity contribution in [3.8, 4) is 0 Å². The third kappa shape index (κ3) is 5.30. The van der Waals surface area contributed by atoms with E-state index in [1.54, 1.807) is 6.92 Å². The first-order valence-electron chi connectivity index (χ1n) is 5.61. The van der Waals surface area contributed by atoms with E-state index in [0.717, 1.165) is 6.26 Å². The second kappa shape index (κ2) is 6.36. The second-order valence-corrected chi connectivity index (χ2v) is 7.60. The Morgan fingerprint density at radius 2 is 1.85 bits per heavy atom. The van der Waals surface area contributed by atoms with E-state index in [2.05, 4.69) is 21.2 Å². The van der Waals surface area contributed by atoms with Crippen LogP contribution < -0.4 is 5.32 Å². The highest BCUT2D eigenvalue weighted by atomic mass is 79.9. The third-order valence-electron chi connectivity index (χ3n) is 2.34. The van der Waals surface area contributed by atoms with Gasteiger partial charge in [-0.05, 0) is 25.1 Å². The summed E-state index contributed by atoms with van der Waals surface area (Å²) in [5.41, 5.74) is 0.123. The summed E-state index contributed by atoms with van der Waals surface area (Å²) in [6.07, 6.45) is 1.08. The number of carboxylic acid groups (broad SMARTS) is 1. The van der Waals surface area contributed by atoms with Crippen molar-refractivity contribution in [2.24, 2.45) is 0 Å². The van der Waals surface area contributed by atoms with Crippen LogP contribution in [-0.2, 0) is 9.84 Å². The number of hydrogen-bond acceptors (Lipinski definition) is 4. The molecule has 0 aliphatic carbocycles. The maximum atomic E-state index is 11.9. The first kappa shape index (κ1) is 16.6. The zero-order valence-corrected chi connectivity index (χ0v) is 13.3. The molecule has 1 aromatic rings. The van der Waals surface area contributed by atoms with Gasteiger partial charge in [0, 0.05) is 22.3 Å². The van der Waals surface area contributed by atoms with Gasteiger partial charge in [-0.15, -0.1) is 0 Å². The van der Waals surface area contributed by atoms with Crippen LogP contribution in [0.25, 0.3) is 0 Å². The number of benzene rings is 1. The second-order valence-electron chi connectivity index (χ2n) is 4.50. The molecule has 0 aromatic heterocycles. The van der Waals surface area contributed by atoms with Crippen molar-refractivity contribution in [2.75, 3.05) is 12.0 Å². The lowest BCUT2D eigenvalue weighted by Gasteiger charge is -2.13. The van der Waals surface area contributed by atoms with Crippen LogP contribution in [-0.4, -0.2) is 43.5 Å². The fraction of sp³-hybridized carbons (Fsp3) is 0.333. The van der Waals surface area contributed by atoms with E-state index in [4.69, 9.17) is 5.11 Å². The van der Waals surface area contributed by atoms with Gasteiger partial charge in [0.1, 0.15) is 9.84 Å². The van der Waals surface area contributed by atoms with Gasteiger partial charge in [0.25, 0.3) is 5.91 Å². The molecule has 110 valence electrons. The van der Waals surface area contributed by atoms with Gasteiger partial charge in [-0.1, -0.05) is 15.9 Å². The minimum absolute atomic E-state index is 0.0275. The number of sulfone groups is 1. The Morgan fingerprint density at radius 3 is 2.35 bits per heavy atom. The lowest BCUT2D eigenvalue weighted by Crippen LogP contribution is -2.37. The molecule has 1 aromatic carbocycles. The van der Waals surface area contributed by atoms with E-state index in [1.165, 1.54) is 18.2 Å². The largest absolute Gasteiger partial charge is 0.478 e. The molecule has 20 heavy (non-hydrogen) atoms. The van der Waals surface area contributed by atoms with Gasteiger partial charge in [0.2, 0.25) is 0 Å². The molecule has 1 amide bonds. The number of carboxylic acids is 1. The summed E-state index contributed by atoms with van der Waals surface area (Å²) >= 11 is 3.13. The average Bonchev–Trinajstić information content (AvgIpc) is 2.25. The molecular formula is C12H14BrNO5S. The molecule has 0 radical (unpaired) electrons. The molecule has 1 atom stereocenters. The third-order valence-corrected chi connectivity index (χ3v) is 3.90. The fourth-order valence-electron chi connectivity index (χ4n) is 1.65. The summed E-state index contributed by atoms with van der Waals surface area (Å²) in [6, 6.07) is 3.51. The molecule has 6 nitrogen and oxygen atoms in total. The van der Waals surface area contributed by atoms with Gasteiger partial charge >= 0.3 is 5.97 Å². The quantitative estimate of drug-likeness (QED) is 0.821. The van der Waals surface area contributed by atoms with Gasteiger partial charge in [0.15, 0.2) is 0 Å². The molecule has 1 unspecified atom stereocenters. The number of hydrogen-bond donors (Lipinski definition) is 2. The van der Waals surface area contributed by atoms with Crippen LogP contribution in [0.4, 0.5) is 0 Å². The maximum absolute atomic E-state index is 11.9. The van der Waals surface area contributed by atoms with Gasteiger partial charge in [0.05, 0.1) is 11.3 Å². The number of halogens is 1. The number of rotatable bonds is 5. The van der Waals surface area contributed by atoms with E-state index in [0.29, 0.717) is 4.47 Å². The van der Waals surface area contributed by atoms with Crippen molar-refractivity contribution in [2.45, 2.75) is 13.0 Å². The summed E-state index contributed by atoms with van der Waals surface area (Å²) in [5, 5.41) is 11.4. The summed E-state index contributed by atoms with van der Waals surface area (Å²) in [5.74, 6) is -1.85. The summed E-state index contributed by atoms with van der Waals surface area (Å²) in [6.45, 7) is 1.56. The van der Waals surface area contributed by atoms with Gasteiger partial charge in [-0.2, -0.15) is 0 Å². The highest BCUT2D eigenvalue weighted by Gasteiger charge is 2.16. The number of carbonyl (C=O) groups excluding carboxylic acids is 1. The lowest BCUT2D eigenvalue weighted by molar-refractivity contribution is 0.0696. The zero-order chi connectivity index (χ0) is 15.5. The average molecular weight is 364 g/mol. The molecule has 0 fully saturated rings. The Hall–Kier alpha value is -1.41. The summed E-state index contributed by atoms with van der Waals surface area (Å²) in [7, 11) is -3.20. The van der Waals surface area contributed by atoms with Crippen molar-refractivity contribution in [1.29, 1.82) is 0 Å². The van der Waals surface area contributed by atoms with E-state index < -0.39 is 27.8 Å². The van der Waals surface area contributed by atoms with Crippen LogP contribution in [0.15, 0.2) is 22.7 Å². The molecule has 0 saturated carbocycles. The van der Waals surface area contributed by atoms with Crippen molar-refractivity contribution in [3.05, 3.63) is 33.8 Å². The van der Waals surface area contributed by atoms with Gasteiger partial charge in [-0.3, -0.25) is 4.79 Å². The zero-order valence-electron chi connectivity index (χ0n) is 10.9. The van der Waals surface area contributed by atoms with Crippen LogP contribution in [0.2, 0.25) is 0 Å². The number of aromatic carboxylic acids is 1. The molecular weight excluding hydrogens is 350 g/mol. The van der Waals surface area contributed by atoms with Crippen molar-refractivity contribution >= 4 is 37.6 Å². The van der Waals surface area contributed by atoms with Crippen LogP contribution >= 0.6 is 15.9 Å². The van der Waals surface area contributed by atoms with Gasteiger partial charge in [-0.25, -0.2) is 13.2 Å². The molecule has 0 spiro atoms. The van der Waals surface area contributed by atoms with Gasteiger partial charge < -0.3 is 10.4 Å². The minimum Gasteiger partial charge on any atom is -0.478 e. The first-order valence-corrected chi connectivity index (χ1v) is 8.46. The van der Waals surface area contributed by atoms with E-state index >= 15 is 0 Å². The Morgan fingerprint density at radius 1 is 1.30 bits per heavy atom. The molecule has 1 rings (SSSR count). The fourth-order valence-corrected chi connectivity index (χ4v) is 3.13. The van der Waals surface area contributed by atoms with Crippen molar-refractivity contribution in [1.82, 2.24) is 5.32 Å². The highest BCUT2D eigenvalue weighted by molar-refractivity contribution is 9.10. The SMILES string of the molecule is CC(CS(C)(=O)=O)NC(=O)c1cc(Br)cc(C(=O)O)c1. The molecule has 0 saturated heterocycles.